The SMILES string of the molecule is C[Si](C)(C)ONC(=O)[C@H]1Cc2ccccc2CN1S(=O)(=O)c1ccccc1. The molecule has 1 atom stereocenters. The summed E-state index contributed by atoms with van der Waals surface area (Å²) in [4.78, 5) is 13.0. The second-order valence-corrected chi connectivity index (χ2v) is 13.9. The van der Waals surface area contributed by atoms with Gasteiger partial charge in [0.1, 0.15) is 6.04 Å². The molecule has 1 aliphatic heterocycles. The van der Waals surface area contributed by atoms with Gasteiger partial charge in [0.2, 0.25) is 18.3 Å². The molecule has 1 heterocycles. The number of amides is 1. The van der Waals surface area contributed by atoms with Crippen LogP contribution in [0.1, 0.15) is 11.1 Å². The molecule has 144 valence electrons. The lowest BCUT2D eigenvalue weighted by Gasteiger charge is -2.35. The van der Waals surface area contributed by atoms with Crippen LogP contribution in [0, 0.1) is 0 Å². The van der Waals surface area contributed by atoms with Crippen LogP contribution in [-0.4, -0.2) is 33.0 Å². The van der Waals surface area contributed by atoms with Crippen LogP contribution in [0.15, 0.2) is 59.5 Å². The molecule has 1 aliphatic rings. The van der Waals surface area contributed by atoms with Gasteiger partial charge in [0, 0.05) is 6.54 Å². The van der Waals surface area contributed by atoms with Crippen LogP contribution in [0.25, 0.3) is 0 Å². The van der Waals surface area contributed by atoms with Crippen molar-refractivity contribution in [1.29, 1.82) is 0 Å². The van der Waals surface area contributed by atoms with Crippen molar-refractivity contribution in [1.82, 2.24) is 9.79 Å². The number of sulfonamides is 1. The lowest BCUT2D eigenvalue weighted by atomic mass is 9.95. The fraction of sp³-hybridized carbons (Fsp3) is 0.316. The molecular formula is C19H24N2O4SSi. The fourth-order valence-corrected chi connectivity index (χ4v) is 4.97. The van der Waals surface area contributed by atoms with Crippen molar-refractivity contribution in [3.8, 4) is 0 Å². The number of fused-ring (bicyclic) bond motifs is 1. The van der Waals surface area contributed by atoms with Gasteiger partial charge in [0.15, 0.2) is 0 Å². The third-order valence-electron chi connectivity index (χ3n) is 4.32. The molecule has 27 heavy (non-hydrogen) atoms. The topological polar surface area (TPSA) is 75.7 Å². The summed E-state index contributed by atoms with van der Waals surface area (Å²) in [5, 5.41) is 0. The van der Waals surface area contributed by atoms with Crippen molar-refractivity contribution < 1.29 is 17.7 Å². The van der Waals surface area contributed by atoms with Crippen molar-refractivity contribution in [3.63, 3.8) is 0 Å². The molecule has 8 heteroatoms. The molecule has 0 aliphatic carbocycles. The highest BCUT2D eigenvalue weighted by Crippen LogP contribution is 2.29. The summed E-state index contributed by atoms with van der Waals surface area (Å²) in [5.74, 6) is -0.438. The van der Waals surface area contributed by atoms with E-state index in [1.807, 2.05) is 43.9 Å². The van der Waals surface area contributed by atoms with Gasteiger partial charge >= 0.3 is 0 Å². The first kappa shape index (κ1) is 19.8. The van der Waals surface area contributed by atoms with Crippen LogP contribution in [-0.2, 0) is 32.3 Å². The van der Waals surface area contributed by atoms with Crippen LogP contribution >= 0.6 is 0 Å². The Kier molecular flexibility index (Phi) is 5.52. The molecule has 2 aromatic carbocycles. The number of rotatable bonds is 5. The highest BCUT2D eigenvalue weighted by Gasteiger charge is 2.40. The van der Waals surface area contributed by atoms with Gasteiger partial charge in [-0.25, -0.2) is 13.9 Å². The molecule has 2 aromatic rings. The van der Waals surface area contributed by atoms with Gasteiger partial charge in [-0.05, 0) is 49.3 Å². The van der Waals surface area contributed by atoms with Gasteiger partial charge in [-0.2, -0.15) is 4.31 Å². The highest BCUT2D eigenvalue weighted by atomic mass is 32.2. The molecule has 0 spiro atoms. The first-order chi connectivity index (χ1) is 12.7. The normalized spacial score (nSPS) is 18.0. The number of hydroxylamine groups is 1. The molecule has 0 aromatic heterocycles. The summed E-state index contributed by atoms with van der Waals surface area (Å²) in [7, 11) is -5.81. The van der Waals surface area contributed by atoms with Crippen LogP contribution in [0.4, 0.5) is 0 Å². The molecule has 0 saturated carbocycles. The summed E-state index contributed by atoms with van der Waals surface area (Å²) in [5.41, 5.74) is 4.38. The Labute approximate surface area is 161 Å². The van der Waals surface area contributed by atoms with E-state index in [2.05, 4.69) is 5.48 Å². The lowest BCUT2D eigenvalue weighted by Crippen LogP contribution is -2.53. The first-order valence-corrected chi connectivity index (χ1v) is 13.6. The second-order valence-electron chi connectivity index (χ2n) is 7.53. The van der Waals surface area contributed by atoms with E-state index in [1.165, 1.54) is 4.31 Å². The van der Waals surface area contributed by atoms with Gasteiger partial charge in [-0.15, -0.1) is 0 Å². The zero-order valence-electron chi connectivity index (χ0n) is 15.7. The van der Waals surface area contributed by atoms with Crippen molar-refractivity contribution in [2.75, 3.05) is 0 Å². The monoisotopic (exact) mass is 404 g/mol. The van der Waals surface area contributed by atoms with E-state index in [-0.39, 0.29) is 11.4 Å². The molecule has 0 saturated heterocycles. The highest BCUT2D eigenvalue weighted by molar-refractivity contribution is 7.89. The number of hydrogen-bond donors (Lipinski definition) is 1. The summed E-state index contributed by atoms with van der Waals surface area (Å²) in [6.45, 7) is 5.99. The Morgan fingerprint density at radius 3 is 2.26 bits per heavy atom. The molecule has 0 bridgehead atoms. The Morgan fingerprint density at radius 2 is 1.63 bits per heavy atom. The van der Waals surface area contributed by atoms with Crippen LogP contribution < -0.4 is 5.48 Å². The van der Waals surface area contributed by atoms with E-state index in [9.17, 15) is 13.2 Å². The Balaban J connectivity index is 1.96. The fourth-order valence-electron chi connectivity index (χ4n) is 2.97. The predicted molar refractivity (Wildman–Crippen MR) is 106 cm³/mol. The standard InChI is InChI=1S/C19H24N2O4SSi/c1-27(2,3)25-20-19(22)18-13-15-9-7-8-10-16(15)14-21(18)26(23,24)17-11-5-4-6-12-17/h4-12,18H,13-14H2,1-3H3,(H,20,22)/t18-/m1/s1. The molecule has 3 rings (SSSR count). The van der Waals surface area contributed by atoms with Crippen LogP contribution in [0.2, 0.25) is 19.6 Å². The molecular weight excluding hydrogens is 380 g/mol. The number of benzene rings is 2. The van der Waals surface area contributed by atoms with E-state index in [0.717, 1.165) is 11.1 Å². The maximum atomic E-state index is 13.2. The molecule has 1 amide bonds. The van der Waals surface area contributed by atoms with E-state index >= 15 is 0 Å². The van der Waals surface area contributed by atoms with Crippen molar-refractivity contribution in [3.05, 3.63) is 65.7 Å². The predicted octanol–water partition coefficient (Wildman–Crippen LogP) is 2.68. The number of hydrogen-bond acceptors (Lipinski definition) is 4. The summed E-state index contributed by atoms with van der Waals surface area (Å²) < 4.78 is 33.2. The Bertz CT molecular complexity index is 926. The number of carbonyl (C=O) groups is 1. The van der Waals surface area contributed by atoms with Gasteiger partial charge in [0.05, 0.1) is 4.90 Å². The lowest BCUT2D eigenvalue weighted by molar-refractivity contribution is -0.132. The molecule has 0 unspecified atom stereocenters. The van der Waals surface area contributed by atoms with Gasteiger partial charge < -0.3 is 4.53 Å². The smallest absolute Gasteiger partial charge is 0.261 e. The van der Waals surface area contributed by atoms with Crippen molar-refractivity contribution in [2.24, 2.45) is 0 Å². The minimum absolute atomic E-state index is 0.151. The minimum atomic E-state index is -3.82. The maximum Gasteiger partial charge on any atom is 0.261 e. The third kappa shape index (κ3) is 4.46. The summed E-state index contributed by atoms with van der Waals surface area (Å²) in [6.07, 6.45) is 0.309. The van der Waals surface area contributed by atoms with E-state index in [1.54, 1.807) is 30.3 Å². The molecule has 0 fully saturated rings. The van der Waals surface area contributed by atoms with Gasteiger partial charge in [-0.3, -0.25) is 4.79 Å². The largest absolute Gasteiger partial charge is 0.320 e. The number of carbonyl (C=O) groups excluding carboxylic acids is 1. The van der Waals surface area contributed by atoms with Crippen molar-refractivity contribution >= 4 is 24.2 Å². The van der Waals surface area contributed by atoms with Gasteiger partial charge in [-0.1, -0.05) is 42.5 Å². The molecule has 1 N–H and O–H groups in total. The second kappa shape index (κ2) is 7.55. The zero-order valence-corrected chi connectivity index (χ0v) is 17.5. The van der Waals surface area contributed by atoms with E-state index < -0.39 is 30.3 Å². The quantitative estimate of drug-likeness (QED) is 0.614. The molecule has 6 nitrogen and oxygen atoms in total. The van der Waals surface area contributed by atoms with Crippen LogP contribution in [0.5, 0.6) is 0 Å². The zero-order chi connectivity index (χ0) is 19.7. The van der Waals surface area contributed by atoms with E-state index in [0.29, 0.717) is 6.42 Å². The van der Waals surface area contributed by atoms with Gasteiger partial charge in [0.25, 0.3) is 5.91 Å². The summed E-state index contributed by atoms with van der Waals surface area (Å²) in [6, 6.07) is 14.9. The first-order valence-electron chi connectivity index (χ1n) is 8.80. The summed E-state index contributed by atoms with van der Waals surface area (Å²) >= 11 is 0. The Morgan fingerprint density at radius 1 is 1.04 bits per heavy atom. The third-order valence-corrected chi connectivity index (χ3v) is 6.90. The molecule has 0 radical (unpaired) electrons. The van der Waals surface area contributed by atoms with E-state index in [4.69, 9.17) is 4.53 Å². The average Bonchev–Trinajstić information content (AvgIpc) is 2.65. The number of nitrogens with one attached hydrogen (secondary N) is 1. The minimum Gasteiger partial charge on any atom is -0.320 e. The van der Waals surface area contributed by atoms with Crippen LogP contribution in [0.3, 0.4) is 0 Å². The van der Waals surface area contributed by atoms with Crippen molar-refractivity contribution in [2.45, 2.75) is 43.5 Å². The Hall–Kier alpha value is -2.00. The average molecular weight is 405 g/mol. The number of nitrogens with zero attached hydrogens (tertiary/aromatic N) is 1. The maximum absolute atomic E-state index is 13.2.